The Labute approximate surface area is 138 Å². The number of hydrogen-bond acceptors (Lipinski definition) is 3. The van der Waals surface area contributed by atoms with E-state index in [0.29, 0.717) is 12.6 Å². The second-order valence-corrected chi connectivity index (χ2v) is 6.54. The molecule has 0 saturated carbocycles. The second kappa shape index (κ2) is 7.16. The van der Waals surface area contributed by atoms with Crippen molar-refractivity contribution in [3.8, 4) is 5.75 Å². The third-order valence-corrected chi connectivity index (χ3v) is 4.27. The van der Waals surface area contributed by atoms with Crippen LogP contribution in [-0.4, -0.2) is 23.8 Å². The minimum atomic E-state index is -0.519. The zero-order valence-electron chi connectivity index (χ0n) is 13.8. The summed E-state index contributed by atoms with van der Waals surface area (Å²) in [4.78, 5) is 0. The van der Waals surface area contributed by atoms with Crippen molar-refractivity contribution in [2.24, 2.45) is 0 Å². The predicted molar refractivity (Wildman–Crippen MR) is 92.8 cm³/mol. The van der Waals surface area contributed by atoms with E-state index in [9.17, 15) is 5.11 Å². The fraction of sp³-hybridized carbons (Fsp3) is 0.400. The highest BCUT2D eigenvalue weighted by atomic mass is 16.5. The Kier molecular flexibility index (Phi) is 4.99. The van der Waals surface area contributed by atoms with E-state index in [4.69, 9.17) is 4.74 Å². The van der Waals surface area contributed by atoms with Crippen molar-refractivity contribution in [2.75, 3.05) is 6.54 Å². The lowest BCUT2D eigenvalue weighted by Crippen LogP contribution is -2.33. The Morgan fingerprint density at radius 2 is 1.78 bits per heavy atom. The highest BCUT2D eigenvalue weighted by Crippen LogP contribution is 2.23. The Morgan fingerprint density at radius 1 is 1.09 bits per heavy atom. The van der Waals surface area contributed by atoms with Gasteiger partial charge in [-0.2, -0.15) is 0 Å². The second-order valence-electron chi connectivity index (χ2n) is 6.54. The lowest BCUT2D eigenvalue weighted by atomic mass is 10.1. The van der Waals surface area contributed by atoms with Crippen LogP contribution in [0.15, 0.2) is 48.5 Å². The molecule has 0 saturated heterocycles. The summed E-state index contributed by atoms with van der Waals surface area (Å²) in [5, 5.41) is 13.9. The molecule has 0 aromatic heterocycles. The maximum atomic E-state index is 10.4. The summed E-state index contributed by atoms with van der Waals surface area (Å²) >= 11 is 0. The monoisotopic (exact) mass is 311 g/mol. The molecule has 1 aliphatic carbocycles. The Hall–Kier alpha value is -1.84. The number of aliphatic hydroxyl groups excluding tert-OH is 1. The fourth-order valence-electron chi connectivity index (χ4n) is 3.17. The van der Waals surface area contributed by atoms with Gasteiger partial charge in [0.15, 0.2) is 0 Å². The van der Waals surface area contributed by atoms with E-state index in [1.807, 2.05) is 38.1 Å². The molecule has 0 heterocycles. The van der Waals surface area contributed by atoms with Gasteiger partial charge in [0.1, 0.15) is 5.75 Å². The summed E-state index contributed by atoms with van der Waals surface area (Å²) in [5.74, 6) is 0.810. The molecule has 2 N–H and O–H groups in total. The number of aliphatic hydroxyl groups is 1. The van der Waals surface area contributed by atoms with Gasteiger partial charge >= 0.3 is 0 Å². The quantitative estimate of drug-likeness (QED) is 0.860. The molecule has 3 heteroatoms. The lowest BCUT2D eigenvalue weighted by molar-refractivity contribution is 0.169. The molecule has 2 aromatic carbocycles. The van der Waals surface area contributed by atoms with Crippen molar-refractivity contribution >= 4 is 0 Å². The molecule has 23 heavy (non-hydrogen) atoms. The van der Waals surface area contributed by atoms with Crippen LogP contribution >= 0.6 is 0 Å². The molecule has 0 fully saturated rings. The van der Waals surface area contributed by atoms with Gasteiger partial charge in [-0.1, -0.05) is 36.4 Å². The van der Waals surface area contributed by atoms with Gasteiger partial charge in [0.05, 0.1) is 12.2 Å². The van der Waals surface area contributed by atoms with Crippen LogP contribution in [0.3, 0.4) is 0 Å². The Bertz CT molecular complexity index is 629. The zero-order valence-corrected chi connectivity index (χ0v) is 13.8. The largest absolute Gasteiger partial charge is 0.491 e. The van der Waals surface area contributed by atoms with E-state index >= 15 is 0 Å². The summed E-state index contributed by atoms with van der Waals surface area (Å²) in [7, 11) is 0. The van der Waals surface area contributed by atoms with Crippen LogP contribution in [0.5, 0.6) is 5.75 Å². The van der Waals surface area contributed by atoms with Crippen LogP contribution in [0.4, 0.5) is 0 Å². The molecule has 2 aromatic rings. The first-order chi connectivity index (χ1) is 11.1. The van der Waals surface area contributed by atoms with Crippen LogP contribution in [0.1, 0.15) is 36.6 Å². The molecule has 0 spiro atoms. The van der Waals surface area contributed by atoms with Crippen molar-refractivity contribution in [3.05, 3.63) is 65.2 Å². The van der Waals surface area contributed by atoms with Crippen molar-refractivity contribution in [1.82, 2.24) is 5.32 Å². The smallest absolute Gasteiger partial charge is 0.120 e. The summed E-state index contributed by atoms with van der Waals surface area (Å²) < 4.78 is 5.69. The van der Waals surface area contributed by atoms with Crippen molar-refractivity contribution in [1.29, 1.82) is 0 Å². The summed E-state index contributed by atoms with van der Waals surface area (Å²) in [6.45, 7) is 4.56. The van der Waals surface area contributed by atoms with Crippen molar-refractivity contribution in [2.45, 2.75) is 44.9 Å². The first-order valence-corrected chi connectivity index (χ1v) is 8.36. The molecule has 3 rings (SSSR count). The third-order valence-electron chi connectivity index (χ3n) is 4.27. The highest BCUT2D eigenvalue weighted by Gasteiger charge is 2.21. The Balaban J connectivity index is 1.55. The number of hydrogen-bond donors (Lipinski definition) is 2. The number of rotatable bonds is 6. The fourth-order valence-corrected chi connectivity index (χ4v) is 3.17. The minimum Gasteiger partial charge on any atom is -0.491 e. The molecule has 1 atom stereocenters. The van der Waals surface area contributed by atoms with Gasteiger partial charge in [0.25, 0.3) is 0 Å². The van der Waals surface area contributed by atoms with Crippen LogP contribution in [0.2, 0.25) is 0 Å². The average Bonchev–Trinajstić information content (AvgIpc) is 2.95. The number of benzene rings is 2. The van der Waals surface area contributed by atoms with Gasteiger partial charge in [-0.3, -0.25) is 0 Å². The van der Waals surface area contributed by atoms with Gasteiger partial charge < -0.3 is 15.2 Å². The van der Waals surface area contributed by atoms with Crippen LogP contribution in [-0.2, 0) is 12.8 Å². The normalized spacial score (nSPS) is 15.7. The number of nitrogens with one attached hydrogen (secondary N) is 1. The Morgan fingerprint density at radius 3 is 2.43 bits per heavy atom. The van der Waals surface area contributed by atoms with E-state index in [0.717, 1.165) is 24.2 Å². The maximum Gasteiger partial charge on any atom is 0.120 e. The van der Waals surface area contributed by atoms with Gasteiger partial charge in [-0.05, 0) is 55.5 Å². The minimum absolute atomic E-state index is 0.137. The van der Waals surface area contributed by atoms with E-state index in [1.165, 1.54) is 11.1 Å². The van der Waals surface area contributed by atoms with Crippen LogP contribution in [0, 0.1) is 0 Å². The van der Waals surface area contributed by atoms with Gasteiger partial charge in [0.2, 0.25) is 0 Å². The molecular formula is C20H25NO2. The summed E-state index contributed by atoms with van der Waals surface area (Å²) in [5.41, 5.74) is 3.74. The topological polar surface area (TPSA) is 41.5 Å². The average molecular weight is 311 g/mol. The molecule has 3 nitrogen and oxygen atoms in total. The predicted octanol–water partition coefficient (Wildman–Crippen LogP) is 3.26. The molecule has 0 amide bonds. The standard InChI is InChI=1S/C20H25NO2/c1-14(2)23-19-9-5-8-17(12-19)20(22)13-21-18-10-15-6-3-4-7-16(15)11-18/h3-9,12,14,18,20-22H,10-11,13H2,1-2H3. The molecule has 1 aliphatic rings. The van der Waals surface area contributed by atoms with Gasteiger partial charge in [0, 0.05) is 12.6 Å². The molecule has 0 bridgehead atoms. The molecule has 1 unspecified atom stereocenters. The molecule has 122 valence electrons. The van der Waals surface area contributed by atoms with E-state index < -0.39 is 6.10 Å². The zero-order chi connectivity index (χ0) is 16.2. The van der Waals surface area contributed by atoms with Crippen LogP contribution in [0.25, 0.3) is 0 Å². The van der Waals surface area contributed by atoms with Gasteiger partial charge in [-0.25, -0.2) is 0 Å². The summed E-state index contributed by atoms with van der Waals surface area (Å²) in [6.07, 6.45) is 1.70. The molecular weight excluding hydrogens is 286 g/mol. The number of ether oxygens (including phenoxy) is 1. The SMILES string of the molecule is CC(C)Oc1cccc(C(O)CNC2Cc3ccccc3C2)c1. The van der Waals surface area contributed by atoms with E-state index in [2.05, 4.69) is 29.6 Å². The van der Waals surface area contributed by atoms with Gasteiger partial charge in [-0.15, -0.1) is 0 Å². The molecule has 0 aliphatic heterocycles. The van der Waals surface area contributed by atoms with Crippen molar-refractivity contribution < 1.29 is 9.84 Å². The van der Waals surface area contributed by atoms with Crippen LogP contribution < -0.4 is 10.1 Å². The number of fused-ring (bicyclic) bond motifs is 1. The van der Waals surface area contributed by atoms with Crippen molar-refractivity contribution in [3.63, 3.8) is 0 Å². The van der Waals surface area contributed by atoms with E-state index in [-0.39, 0.29) is 6.10 Å². The lowest BCUT2D eigenvalue weighted by Gasteiger charge is -2.18. The molecule has 0 radical (unpaired) electrons. The summed E-state index contributed by atoms with van der Waals surface area (Å²) in [6, 6.07) is 16.7. The third kappa shape index (κ3) is 4.12. The first-order valence-electron chi connectivity index (χ1n) is 8.36. The maximum absolute atomic E-state index is 10.4. The first kappa shape index (κ1) is 16.0. The van der Waals surface area contributed by atoms with E-state index in [1.54, 1.807) is 0 Å². The highest BCUT2D eigenvalue weighted by molar-refractivity contribution is 5.33.